The van der Waals surface area contributed by atoms with Gasteiger partial charge in [0.25, 0.3) is 0 Å². The summed E-state index contributed by atoms with van der Waals surface area (Å²) in [5, 5.41) is 3.33. The molecule has 16 heavy (non-hydrogen) atoms. The standard InChI is InChI=1S/C11H16N2O3/c1-15-11(14)9-7-16-10(13-9)5-8-3-2-4-12-6-8/h7-8,12H,2-6H2,1H3. The van der Waals surface area contributed by atoms with Gasteiger partial charge in [-0.15, -0.1) is 0 Å². The molecule has 2 heterocycles. The van der Waals surface area contributed by atoms with Crippen molar-refractivity contribution in [2.45, 2.75) is 19.3 Å². The van der Waals surface area contributed by atoms with Crippen LogP contribution in [0.1, 0.15) is 29.2 Å². The van der Waals surface area contributed by atoms with E-state index in [4.69, 9.17) is 4.42 Å². The predicted molar refractivity (Wildman–Crippen MR) is 57.1 cm³/mol. The van der Waals surface area contributed by atoms with E-state index >= 15 is 0 Å². The summed E-state index contributed by atoms with van der Waals surface area (Å²) < 4.78 is 9.82. The number of methoxy groups -OCH3 is 1. The van der Waals surface area contributed by atoms with Crippen molar-refractivity contribution in [1.82, 2.24) is 10.3 Å². The fourth-order valence-electron chi connectivity index (χ4n) is 1.95. The molecule has 0 spiro atoms. The molecule has 1 fully saturated rings. The topological polar surface area (TPSA) is 64.4 Å². The molecule has 5 heteroatoms. The number of nitrogens with one attached hydrogen (secondary N) is 1. The number of hydrogen-bond acceptors (Lipinski definition) is 5. The van der Waals surface area contributed by atoms with Gasteiger partial charge in [-0.2, -0.15) is 0 Å². The van der Waals surface area contributed by atoms with Gasteiger partial charge in [0.15, 0.2) is 11.6 Å². The zero-order chi connectivity index (χ0) is 11.4. The first-order chi connectivity index (χ1) is 7.79. The minimum absolute atomic E-state index is 0.251. The van der Waals surface area contributed by atoms with Crippen molar-refractivity contribution in [3.8, 4) is 0 Å². The smallest absolute Gasteiger partial charge is 0.360 e. The summed E-state index contributed by atoms with van der Waals surface area (Å²) in [6, 6.07) is 0. The Hall–Kier alpha value is -1.36. The maximum absolute atomic E-state index is 11.2. The average molecular weight is 224 g/mol. The van der Waals surface area contributed by atoms with Crippen molar-refractivity contribution in [2.75, 3.05) is 20.2 Å². The molecule has 0 radical (unpaired) electrons. The van der Waals surface area contributed by atoms with Crippen molar-refractivity contribution in [2.24, 2.45) is 5.92 Å². The van der Waals surface area contributed by atoms with Crippen molar-refractivity contribution in [3.05, 3.63) is 17.8 Å². The Balaban J connectivity index is 1.94. The molecule has 2 rings (SSSR count). The highest BCUT2D eigenvalue weighted by molar-refractivity contribution is 5.86. The highest BCUT2D eigenvalue weighted by Gasteiger charge is 2.18. The molecule has 1 saturated heterocycles. The van der Waals surface area contributed by atoms with Gasteiger partial charge in [-0.1, -0.05) is 0 Å². The molecular formula is C11H16N2O3. The SMILES string of the molecule is COC(=O)c1coc(CC2CCCNC2)n1. The molecule has 1 aliphatic heterocycles. The average Bonchev–Trinajstić information content (AvgIpc) is 2.78. The summed E-state index contributed by atoms with van der Waals surface area (Å²) in [4.78, 5) is 15.3. The number of nitrogens with zero attached hydrogens (tertiary/aromatic N) is 1. The summed E-state index contributed by atoms with van der Waals surface area (Å²) >= 11 is 0. The van der Waals surface area contributed by atoms with Gasteiger partial charge < -0.3 is 14.5 Å². The first-order valence-corrected chi connectivity index (χ1v) is 5.53. The normalized spacial score (nSPS) is 20.7. The lowest BCUT2D eigenvalue weighted by Gasteiger charge is -2.21. The van der Waals surface area contributed by atoms with E-state index < -0.39 is 5.97 Å². The molecule has 1 N–H and O–H groups in total. The van der Waals surface area contributed by atoms with Crippen molar-refractivity contribution >= 4 is 5.97 Å². The Labute approximate surface area is 94.2 Å². The highest BCUT2D eigenvalue weighted by atomic mass is 16.5. The van der Waals surface area contributed by atoms with Gasteiger partial charge >= 0.3 is 5.97 Å². The molecule has 1 atom stereocenters. The molecule has 1 aromatic rings. The predicted octanol–water partition coefficient (Wildman–Crippen LogP) is 1.00. The van der Waals surface area contributed by atoms with Crippen LogP contribution in [0.15, 0.2) is 10.7 Å². The lowest BCUT2D eigenvalue weighted by Crippen LogP contribution is -2.30. The third-order valence-electron chi connectivity index (χ3n) is 2.81. The van der Waals surface area contributed by atoms with Crippen LogP contribution in [0.3, 0.4) is 0 Å². The van der Waals surface area contributed by atoms with Gasteiger partial charge in [0.1, 0.15) is 6.26 Å². The minimum atomic E-state index is -0.447. The lowest BCUT2D eigenvalue weighted by molar-refractivity contribution is 0.0594. The zero-order valence-corrected chi connectivity index (χ0v) is 9.36. The first-order valence-electron chi connectivity index (χ1n) is 5.53. The third kappa shape index (κ3) is 2.61. The second-order valence-corrected chi connectivity index (χ2v) is 4.03. The largest absolute Gasteiger partial charge is 0.464 e. The van der Waals surface area contributed by atoms with Gasteiger partial charge in [0.2, 0.25) is 0 Å². The first kappa shape index (κ1) is 11.1. The Morgan fingerprint density at radius 1 is 1.75 bits per heavy atom. The second kappa shape index (κ2) is 5.12. The van der Waals surface area contributed by atoms with E-state index in [1.165, 1.54) is 26.2 Å². The molecule has 1 unspecified atom stereocenters. The minimum Gasteiger partial charge on any atom is -0.464 e. The summed E-state index contributed by atoms with van der Waals surface area (Å²) in [6.07, 6.45) is 4.51. The summed E-state index contributed by atoms with van der Waals surface area (Å²) in [6.45, 7) is 2.09. The van der Waals surface area contributed by atoms with Crippen LogP contribution in [0.2, 0.25) is 0 Å². The number of oxazole rings is 1. The number of aromatic nitrogens is 1. The van der Waals surface area contributed by atoms with Crippen LogP contribution in [-0.4, -0.2) is 31.2 Å². The molecule has 88 valence electrons. The third-order valence-corrected chi connectivity index (χ3v) is 2.81. The molecule has 0 bridgehead atoms. The number of carbonyl (C=O) groups excluding carboxylic acids is 1. The molecule has 0 amide bonds. The van der Waals surface area contributed by atoms with Crippen LogP contribution in [0.5, 0.6) is 0 Å². The van der Waals surface area contributed by atoms with Crippen LogP contribution in [-0.2, 0) is 11.2 Å². The van der Waals surface area contributed by atoms with Crippen LogP contribution in [0.4, 0.5) is 0 Å². The maximum Gasteiger partial charge on any atom is 0.360 e. The number of ether oxygens (including phenoxy) is 1. The van der Waals surface area contributed by atoms with Gasteiger partial charge in [-0.05, 0) is 31.8 Å². The quantitative estimate of drug-likeness (QED) is 0.776. The number of rotatable bonds is 3. The number of piperidine rings is 1. The molecule has 1 aromatic heterocycles. The molecule has 0 aromatic carbocycles. The molecule has 0 saturated carbocycles. The molecule has 1 aliphatic rings. The van der Waals surface area contributed by atoms with E-state index in [1.54, 1.807) is 0 Å². The molecular weight excluding hydrogens is 208 g/mol. The van der Waals surface area contributed by atoms with E-state index in [1.807, 2.05) is 0 Å². The Kier molecular flexibility index (Phi) is 3.56. The van der Waals surface area contributed by atoms with Crippen LogP contribution in [0, 0.1) is 5.92 Å². The Morgan fingerprint density at radius 2 is 2.62 bits per heavy atom. The van der Waals surface area contributed by atoms with Crippen LogP contribution >= 0.6 is 0 Å². The highest BCUT2D eigenvalue weighted by Crippen LogP contribution is 2.16. The Morgan fingerprint density at radius 3 is 3.31 bits per heavy atom. The summed E-state index contributed by atoms with van der Waals surface area (Å²) in [5.74, 6) is 0.726. The maximum atomic E-state index is 11.2. The van der Waals surface area contributed by atoms with Crippen LogP contribution in [0.25, 0.3) is 0 Å². The van der Waals surface area contributed by atoms with Gasteiger partial charge in [0, 0.05) is 6.42 Å². The zero-order valence-electron chi connectivity index (χ0n) is 9.36. The van der Waals surface area contributed by atoms with E-state index in [0.29, 0.717) is 11.8 Å². The van der Waals surface area contributed by atoms with Crippen molar-refractivity contribution in [1.29, 1.82) is 0 Å². The fraction of sp³-hybridized carbons (Fsp3) is 0.636. The van der Waals surface area contributed by atoms with Gasteiger partial charge in [0.05, 0.1) is 7.11 Å². The number of carbonyl (C=O) groups is 1. The Bertz CT molecular complexity index is 356. The summed E-state index contributed by atoms with van der Waals surface area (Å²) in [5.41, 5.74) is 0.251. The second-order valence-electron chi connectivity index (χ2n) is 4.03. The number of hydrogen-bond donors (Lipinski definition) is 1. The van der Waals surface area contributed by atoms with Crippen molar-refractivity contribution in [3.63, 3.8) is 0 Å². The van der Waals surface area contributed by atoms with E-state index in [2.05, 4.69) is 15.0 Å². The summed E-state index contributed by atoms with van der Waals surface area (Å²) in [7, 11) is 1.34. The van der Waals surface area contributed by atoms with Crippen molar-refractivity contribution < 1.29 is 13.9 Å². The van der Waals surface area contributed by atoms with E-state index in [0.717, 1.165) is 19.5 Å². The monoisotopic (exact) mass is 224 g/mol. The van der Waals surface area contributed by atoms with E-state index in [9.17, 15) is 4.79 Å². The van der Waals surface area contributed by atoms with Gasteiger partial charge in [-0.3, -0.25) is 0 Å². The van der Waals surface area contributed by atoms with Crippen LogP contribution < -0.4 is 5.32 Å². The fourth-order valence-corrected chi connectivity index (χ4v) is 1.95. The molecule has 5 nitrogen and oxygen atoms in total. The molecule has 0 aliphatic carbocycles. The van der Waals surface area contributed by atoms with Gasteiger partial charge in [-0.25, -0.2) is 9.78 Å². The van der Waals surface area contributed by atoms with E-state index in [-0.39, 0.29) is 5.69 Å². The number of esters is 1. The lowest BCUT2D eigenvalue weighted by atomic mass is 9.96.